The summed E-state index contributed by atoms with van der Waals surface area (Å²) in [5, 5.41) is 3.33. The Labute approximate surface area is 119 Å². The predicted molar refractivity (Wildman–Crippen MR) is 75.4 cm³/mol. The van der Waals surface area contributed by atoms with E-state index in [1.807, 2.05) is 11.8 Å². The van der Waals surface area contributed by atoms with E-state index in [0.717, 1.165) is 5.56 Å². The quantitative estimate of drug-likeness (QED) is 0.920. The molecule has 1 aliphatic heterocycles. The van der Waals surface area contributed by atoms with Crippen molar-refractivity contribution in [3.8, 4) is 0 Å². The first-order chi connectivity index (χ1) is 9.58. The van der Waals surface area contributed by atoms with Gasteiger partial charge < -0.3 is 4.90 Å². The van der Waals surface area contributed by atoms with Gasteiger partial charge in [-0.25, -0.2) is 4.39 Å². The molecule has 1 aromatic rings. The maximum Gasteiger partial charge on any atom is 0.241 e. The van der Waals surface area contributed by atoms with E-state index in [2.05, 4.69) is 12.2 Å². The fourth-order valence-electron chi connectivity index (χ4n) is 3.23. The molecule has 3 rings (SSSR count). The van der Waals surface area contributed by atoms with E-state index in [4.69, 9.17) is 0 Å². The number of nitrogens with zero attached hydrogens (tertiary/aromatic N) is 1. The fraction of sp³-hybridized carbons (Fsp3) is 0.562. The van der Waals surface area contributed by atoms with Crippen LogP contribution < -0.4 is 5.32 Å². The number of hydrogen-bond acceptors (Lipinski definition) is 2. The van der Waals surface area contributed by atoms with Crippen molar-refractivity contribution in [3.63, 3.8) is 0 Å². The summed E-state index contributed by atoms with van der Waals surface area (Å²) in [5.74, 6) is 0.512. The Morgan fingerprint density at radius 2 is 1.95 bits per heavy atom. The molecule has 2 aliphatic rings. The van der Waals surface area contributed by atoms with Crippen molar-refractivity contribution >= 4 is 5.91 Å². The monoisotopic (exact) mass is 276 g/mol. The van der Waals surface area contributed by atoms with Crippen LogP contribution >= 0.6 is 0 Å². The predicted octanol–water partition coefficient (Wildman–Crippen LogP) is 2.83. The van der Waals surface area contributed by atoms with Gasteiger partial charge in [-0.15, -0.1) is 0 Å². The normalized spacial score (nSPS) is 28.6. The minimum atomic E-state index is -0.246. The van der Waals surface area contributed by atoms with Crippen LogP contribution in [0.5, 0.6) is 0 Å². The number of carbonyl (C=O) groups excluding carboxylic acids is 1. The van der Waals surface area contributed by atoms with Gasteiger partial charge in [0.05, 0.1) is 6.04 Å². The zero-order valence-corrected chi connectivity index (χ0v) is 12.0. The van der Waals surface area contributed by atoms with Crippen LogP contribution in [0.25, 0.3) is 0 Å². The molecule has 0 radical (unpaired) electrons. The van der Waals surface area contributed by atoms with E-state index >= 15 is 0 Å². The molecule has 0 spiro atoms. The summed E-state index contributed by atoms with van der Waals surface area (Å²) in [6, 6.07) is 6.50. The number of rotatable bonds is 3. The molecular formula is C16H21FN2O. The first-order valence-electron chi connectivity index (χ1n) is 7.41. The molecule has 0 bridgehead atoms. The van der Waals surface area contributed by atoms with Crippen LogP contribution in [0.15, 0.2) is 24.3 Å². The summed E-state index contributed by atoms with van der Waals surface area (Å²) >= 11 is 0. The lowest BCUT2D eigenvalue weighted by atomic mass is 9.79. The lowest BCUT2D eigenvalue weighted by Gasteiger charge is -2.39. The van der Waals surface area contributed by atoms with Gasteiger partial charge in [0.15, 0.2) is 0 Å². The molecule has 1 N–H and O–H groups in total. The van der Waals surface area contributed by atoms with E-state index < -0.39 is 0 Å². The number of carbonyl (C=O) groups is 1. The molecule has 3 unspecified atom stereocenters. The molecule has 1 amide bonds. The minimum absolute atomic E-state index is 0.131. The average molecular weight is 276 g/mol. The number of halogens is 1. The summed E-state index contributed by atoms with van der Waals surface area (Å²) in [7, 11) is 0. The van der Waals surface area contributed by atoms with Crippen LogP contribution in [-0.4, -0.2) is 22.9 Å². The summed E-state index contributed by atoms with van der Waals surface area (Å²) in [6.07, 6.45) is 3.54. The van der Waals surface area contributed by atoms with Gasteiger partial charge in [0.25, 0.3) is 0 Å². The molecule has 3 atom stereocenters. The maximum absolute atomic E-state index is 13.1. The van der Waals surface area contributed by atoms with E-state index in [1.165, 1.54) is 31.4 Å². The number of amides is 1. The molecule has 3 nitrogen and oxygen atoms in total. The highest BCUT2D eigenvalue weighted by molar-refractivity contribution is 5.84. The molecule has 2 fully saturated rings. The van der Waals surface area contributed by atoms with Crippen molar-refractivity contribution in [1.29, 1.82) is 0 Å². The van der Waals surface area contributed by atoms with E-state index in [9.17, 15) is 9.18 Å². The Balaban J connectivity index is 1.87. The van der Waals surface area contributed by atoms with Crippen molar-refractivity contribution in [1.82, 2.24) is 10.2 Å². The lowest BCUT2D eigenvalue weighted by molar-refractivity contribution is -0.133. The molecule has 1 aromatic carbocycles. The second kappa shape index (κ2) is 5.17. The van der Waals surface area contributed by atoms with Crippen LogP contribution in [-0.2, 0) is 4.79 Å². The third kappa shape index (κ3) is 2.22. The number of nitrogens with one attached hydrogen (secondary N) is 1. The SMILES string of the molecule is CC1NC(c2ccc(F)cc2)N(C(C)C2CCC2)C1=O. The Morgan fingerprint density at radius 1 is 1.30 bits per heavy atom. The second-order valence-corrected chi connectivity index (χ2v) is 6.02. The fourth-order valence-corrected chi connectivity index (χ4v) is 3.23. The number of benzene rings is 1. The topological polar surface area (TPSA) is 32.3 Å². The minimum Gasteiger partial charge on any atom is -0.319 e. The molecule has 1 heterocycles. The van der Waals surface area contributed by atoms with Crippen LogP contribution in [0.1, 0.15) is 44.8 Å². The van der Waals surface area contributed by atoms with Crippen molar-refractivity contribution in [3.05, 3.63) is 35.6 Å². The van der Waals surface area contributed by atoms with Crippen LogP contribution in [0, 0.1) is 11.7 Å². The summed E-state index contributed by atoms with van der Waals surface area (Å²) in [5.41, 5.74) is 0.954. The summed E-state index contributed by atoms with van der Waals surface area (Å²) < 4.78 is 13.1. The van der Waals surface area contributed by atoms with Crippen molar-refractivity contribution < 1.29 is 9.18 Å². The molecule has 1 aliphatic carbocycles. The van der Waals surface area contributed by atoms with E-state index in [1.54, 1.807) is 12.1 Å². The van der Waals surface area contributed by atoms with Crippen molar-refractivity contribution in [2.24, 2.45) is 5.92 Å². The average Bonchev–Trinajstić information content (AvgIpc) is 2.64. The van der Waals surface area contributed by atoms with Gasteiger partial charge >= 0.3 is 0 Å². The molecule has 1 saturated heterocycles. The Hall–Kier alpha value is -1.42. The largest absolute Gasteiger partial charge is 0.319 e. The smallest absolute Gasteiger partial charge is 0.241 e. The third-order valence-corrected chi connectivity index (χ3v) is 4.77. The van der Waals surface area contributed by atoms with Crippen LogP contribution in [0.4, 0.5) is 4.39 Å². The van der Waals surface area contributed by atoms with Gasteiger partial charge in [-0.05, 0) is 50.3 Å². The van der Waals surface area contributed by atoms with Crippen molar-refractivity contribution in [2.75, 3.05) is 0 Å². The molecule has 108 valence electrons. The molecule has 20 heavy (non-hydrogen) atoms. The Kier molecular flexibility index (Phi) is 3.50. The van der Waals surface area contributed by atoms with E-state index in [-0.39, 0.29) is 30.0 Å². The maximum atomic E-state index is 13.1. The Morgan fingerprint density at radius 3 is 2.50 bits per heavy atom. The van der Waals surface area contributed by atoms with Gasteiger partial charge in [0.2, 0.25) is 5.91 Å². The number of hydrogen-bond donors (Lipinski definition) is 1. The van der Waals surface area contributed by atoms with Gasteiger partial charge in [-0.1, -0.05) is 18.6 Å². The summed E-state index contributed by atoms with van der Waals surface area (Å²) in [4.78, 5) is 14.4. The summed E-state index contributed by atoms with van der Waals surface area (Å²) in [6.45, 7) is 4.03. The molecule has 1 saturated carbocycles. The molecular weight excluding hydrogens is 255 g/mol. The van der Waals surface area contributed by atoms with E-state index in [0.29, 0.717) is 5.92 Å². The lowest BCUT2D eigenvalue weighted by Crippen LogP contribution is -2.44. The molecule has 4 heteroatoms. The third-order valence-electron chi connectivity index (χ3n) is 4.77. The molecule has 0 aromatic heterocycles. The first kappa shape index (κ1) is 13.6. The van der Waals surface area contributed by atoms with Crippen molar-refractivity contribution in [2.45, 2.75) is 51.4 Å². The highest BCUT2D eigenvalue weighted by Crippen LogP contribution is 2.37. The Bertz CT molecular complexity index is 498. The van der Waals surface area contributed by atoms with Crippen LogP contribution in [0.3, 0.4) is 0 Å². The van der Waals surface area contributed by atoms with Gasteiger partial charge in [0.1, 0.15) is 12.0 Å². The zero-order chi connectivity index (χ0) is 14.3. The van der Waals surface area contributed by atoms with Gasteiger partial charge in [-0.3, -0.25) is 10.1 Å². The highest BCUT2D eigenvalue weighted by Gasteiger charge is 2.42. The highest BCUT2D eigenvalue weighted by atomic mass is 19.1. The first-order valence-corrected chi connectivity index (χ1v) is 7.41. The van der Waals surface area contributed by atoms with Gasteiger partial charge in [-0.2, -0.15) is 0 Å². The standard InChI is InChI=1S/C16H21FN2O/c1-10-16(20)19(11(2)12-4-3-5-12)15(18-10)13-6-8-14(17)9-7-13/h6-12,15,18H,3-5H2,1-2H3. The van der Waals surface area contributed by atoms with Gasteiger partial charge in [0, 0.05) is 6.04 Å². The zero-order valence-electron chi connectivity index (χ0n) is 12.0. The second-order valence-electron chi connectivity index (χ2n) is 6.02. The van der Waals surface area contributed by atoms with Crippen LogP contribution in [0.2, 0.25) is 0 Å².